The lowest BCUT2D eigenvalue weighted by molar-refractivity contribution is -0.142. The second-order valence-electron chi connectivity index (χ2n) is 12.5. The molecule has 0 spiro atoms. The summed E-state index contributed by atoms with van der Waals surface area (Å²) in [4.78, 5) is 40.4. The molecule has 3 aromatic rings. The standard InChI is InChI=1S/C36H40N2O5S/c1-43-30-15-9-6-10-23(30)20-29(39)32-33-35(22-37-32,21-31(40)38-28(34(41)42)17-19-44-2)26-16-18-36(33,24-11-4-3-5-12-24)27-14-8-7-13-25(26)27/h3-15,26,28,32-33,37H,16-22H2,1-2H3,(H,38,40)(H,41,42)/t26?,28-,32?,33?,35?,36?/m0/s1. The van der Waals surface area contributed by atoms with Crippen molar-refractivity contribution >= 4 is 29.4 Å². The molecule has 7 rings (SSSR count). The molecule has 0 aromatic heterocycles. The van der Waals surface area contributed by atoms with E-state index in [1.54, 1.807) is 18.9 Å². The van der Waals surface area contributed by atoms with Crippen molar-refractivity contribution in [2.75, 3.05) is 25.7 Å². The van der Waals surface area contributed by atoms with Crippen LogP contribution in [0.4, 0.5) is 0 Å². The number of para-hydroxylation sites is 1. The Morgan fingerprint density at radius 3 is 2.52 bits per heavy atom. The maximum atomic E-state index is 14.4. The molecule has 1 aliphatic heterocycles. The minimum absolute atomic E-state index is 0.0612. The van der Waals surface area contributed by atoms with Crippen LogP contribution in [-0.2, 0) is 26.2 Å². The van der Waals surface area contributed by atoms with E-state index in [2.05, 4.69) is 59.2 Å². The molecule has 6 atom stereocenters. The molecular formula is C36H40N2O5S. The highest BCUT2D eigenvalue weighted by molar-refractivity contribution is 7.98. The zero-order valence-electron chi connectivity index (χ0n) is 25.3. The Morgan fingerprint density at radius 2 is 1.77 bits per heavy atom. The highest BCUT2D eigenvalue weighted by atomic mass is 32.2. The number of benzene rings is 3. The monoisotopic (exact) mass is 612 g/mol. The van der Waals surface area contributed by atoms with E-state index in [4.69, 9.17) is 4.74 Å². The van der Waals surface area contributed by atoms with Crippen molar-refractivity contribution in [2.24, 2.45) is 11.3 Å². The van der Waals surface area contributed by atoms with Crippen LogP contribution in [0.3, 0.4) is 0 Å². The zero-order valence-corrected chi connectivity index (χ0v) is 26.1. The van der Waals surface area contributed by atoms with Crippen molar-refractivity contribution in [2.45, 2.75) is 55.5 Å². The number of carbonyl (C=O) groups excluding carboxylic acids is 2. The van der Waals surface area contributed by atoms with Gasteiger partial charge in [0.1, 0.15) is 11.8 Å². The Kier molecular flexibility index (Phi) is 8.57. The van der Waals surface area contributed by atoms with Crippen molar-refractivity contribution < 1.29 is 24.2 Å². The summed E-state index contributed by atoms with van der Waals surface area (Å²) in [5.41, 5.74) is 3.42. The van der Waals surface area contributed by atoms with Gasteiger partial charge in [0.2, 0.25) is 5.91 Å². The van der Waals surface area contributed by atoms with Gasteiger partial charge in [0.25, 0.3) is 0 Å². The number of carboxylic acids is 1. The van der Waals surface area contributed by atoms with Crippen molar-refractivity contribution in [1.29, 1.82) is 0 Å². The van der Waals surface area contributed by atoms with E-state index in [-0.39, 0.29) is 36.4 Å². The first-order valence-corrected chi connectivity index (χ1v) is 16.8. The summed E-state index contributed by atoms with van der Waals surface area (Å²) >= 11 is 1.56. The van der Waals surface area contributed by atoms with E-state index in [1.165, 1.54) is 11.1 Å². The summed E-state index contributed by atoms with van der Waals surface area (Å²) in [6.45, 7) is 0.504. The largest absolute Gasteiger partial charge is 0.496 e. The van der Waals surface area contributed by atoms with E-state index < -0.39 is 28.9 Å². The molecule has 44 heavy (non-hydrogen) atoms. The maximum Gasteiger partial charge on any atom is 0.326 e. The molecule has 1 amide bonds. The number of hydrogen-bond acceptors (Lipinski definition) is 6. The minimum Gasteiger partial charge on any atom is -0.496 e. The third-order valence-electron chi connectivity index (χ3n) is 10.4. The third kappa shape index (κ3) is 5.02. The first-order chi connectivity index (χ1) is 21.4. The smallest absolute Gasteiger partial charge is 0.326 e. The molecule has 3 aromatic carbocycles. The van der Waals surface area contributed by atoms with Crippen LogP contribution in [0.5, 0.6) is 5.75 Å². The minimum atomic E-state index is -1.02. The molecule has 2 fully saturated rings. The molecular weight excluding hydrogens is 572 g/mol. The number of rotatable bonds is 12. The van der Waals surface area contributed by atoms with E-state index >= 15 is 0 Å². The number of nitrogens with one attached hydrogen (secondary N) is 2. The van der Waals surface area contributed by atoms with Crippen LogP contribution in [0.1, 0.15) is 53.9 Å². The molecule has 4 aliphatic rings. The summed E-state index contributed by atoms with van der Waals surface area (Å²) in [6.07, 6.45) is 4.41. The van der Waals surface area contributed by atoms with Gasteiger partial charge in [-0.15, -0.1) is 0 Å². The van der Waals surface area contributed by atoms with Gasteiger partial charge in [-0.25, -0.2) is 4.79 Å². The van der Waals surface area contributed by atoms with Gasteiger partial charge in [-0.2, -0.15) is 11.8 Å². The van der Waals surface area contributed by atoms with Crippen molar-refractivity contribution in [3.05, 3.63) is 101 Å². The van der Waals surface area contributed by atoms with Gasteiger partial charge in [0.15, 0.2) is 5.78 Å². The van der Waals surface area contributed by atoms with Crippen molar-refractivity contribution in [3.8, 4) is 5.75 Å². The summed E-state index contributed by atoms with van der Waals surface area (Å²) in [7, 11) is 1.62. The highest BCUT2D eigenvalue weighted by Crippen LogP contribution is 2.70. The van der Waals surface area contributed by atoms with Crippen molar-refractivity contribution in [1.82, 2.24) is 10.6 Å². The first-order valence-electron chi connectivity index (χ1n) is 15.4. The number of fused-ring (bicyclic) bond motifs is 1. The molecule has 1 heterocycles. The zero-order chi connectivity index (χ0) is 30.9. The first kappa shape index (κ1) is 30.4. The van der Waals surface area contributed by atoms with Gasteiger partial charge in [0, 0.05) is 41.7 Å². The number of ether oxygens (including phenoxy) is 1. The predicted molar refractivity (Wildman–Crippen MR) is 172 cm³/mol. The van der Waals surface area contributed by atoms with Gasteiger partial charge in [-0.3, -0.25) is 9.59 Å². The van der Waals surface area contributed by atoms with Crippen LogP contribution in [-0.4, -0.2) is 60.5 Å². The van der Waals surface area contributed by atoms with E-state index in [9.17, 15) is 19.5 Å². The van der Waals surface area contributed by atoms with E-state index in [1.807, 2.05) is 36.6 Å². The second kappa shape index (κ2) is 12.4. The summed E-state index contributed by atoms with van der Waals surface area (Å²) < 4.78 is 5.58. The number of aliphatic carboxylic acids is 1. The number of hydrogen-bond donors (Lipinski definition) is 3. The molecule has 3 aliphatic carbocycles. The van der Waals surface area contributed by atoms with Crippen LogP contribution in [0.15, 0.2) is 78.9 Å². The molecule has 0 radical (unpaired) electrons. The van der Waals surface area contributed by atoms with Crippen LogP contribution in [0, 0.1) is 11.3 Å². The molecule has 1 saturated heterocycles. The maximum absolute atomic E-state index is 14.4. The Labute approximate surface area is 263 Å². The Balaban J connectivity index is 1.45. The van der Waals surface area contributed by atoms with Gasteiger partial charge in [-0.1, -0.05) is 72.8 Å². The summed E-state index contributed by atoms with van der Waals surface area (Å²) in [5, 5.41) is 16.4. The average molecular weight is 613 g/mol. The summed E-state index contributed by atoms with van der Waals surface area (Å²) in [5.74, 6) is -0.0320. The number of carbonyl (C=O) groups is 3. The van der Waals surface area contributed by atoms with Gasteiger partial charge in [0.05, 0.1) is 13.2 Å². The van der Waals surface area contributed by atoms with E-state index in [0.717, 1.165) is 24.0 Å². The molecule has 2 bridgehead atoms. The van der Waals surface area contributed by atoms with Crippen molar-refractivity contribution in [3.63, 3.8) is 0 Å². The quantitative estimate of drug-likeness (QED) is 0.265. The second-order valence-corrected chi connectivity index (χ2v) is 13.4. The summed E-state index contributed by atoms with van der Waals surface area (Å²) in [6, 6.07) is 25.2. The van der Waals surface area contributed by atoms with Gasteiger partial charge < -0.3 is 20.5 Å². The fourth-order valence-electron chi connectivity index (χ4n) is 8.76. The molecule has 8 heteroatoms. The predicted octanol–water partition coefficient (Wildman–Crippen LogP) is 4.97. The number of ketones is 1. The highest BCUT2D eigenvalue weighted by Gasteiger charge is 2.69. The number of methoxy groups -OCH3 is 1. The fraction of sp³-hybridized carbons (Fsp3) is 0.417. The SMILES string of the molecule is COc1ccccc1CC(=O)C1NCC2(CC(=O)N[C@@H](CCSC)C(=O)O)C3CCC(c4ccccc4)(c4ccccc43)C12. The number of carboxylic acid groups (broad SMARTS) is 1. The Morgan fingerprint density at radius 1 is 1.05 bits per heavy atom. The number of thioether (sulfide) groups is 1. The van der Waals surface area contributed by atoms with Crippen LogP contribution < -0.4 is 15.4 Å². The normalized spacial score (nSPS) is 27.2. The molecule has 5 unspecified atom stereocenters. The lowest BCUT2D eigenvalue weighted by Gasteiger charge is -2.62. The van der Waals surface area contributed by atoms with Gasteiger partial charge in [-0.05, 0) is 59.9 Å². The van der Waals surface area contributed by atoms with Gasteiger partial charge >= 0.3 is 5.97 Å². The fourth-order valence-corrected chi connectivity index (χ4v) is 9.23. The topological polar surface area (TPSA) is 105 Å². The lowest BCUT2D eigenvalue weighted by Crippen LogP contribution is -2.61. The number of amides is 1. The Hall–Kier alpha value is -3.62. The molecule has 1 saturated carbocycles. The lowest BCUT2D eigenvalue weighted by atomic mass is 9.40. The molecule has 7 nitrogen and oxygen atoms in total. The Bertz CT molecular complexity index is 1550. The number of Topliss-reactive ketones (excluding diaryl/α,β-unsaturated/α-hetero) is 1. The van der Waals surface area contributed by atoms with E-state index in [0.29, 0.717) is 24.5 Å². The third-order valence-corrected chi connectivity index (χ3v) is 11.0. The van der Waals surface area contributed by atoms with Crippen LogP contribution >= 0.6 is 11.8 Å². The van der Waals surface area contributed by atoms with Crippen LogP contribution in [0.2, 0.25) is 0 Å². The molecule has 3 N–H and O–H groups in total. The van der Waals surface area contributed by atoms with Crippen LogP contribution in [0.25, 0.3) is 0 Å². The molecule has 230 valence electrons. The average Bonchev–Trinajstić information content (AvgIpc) is 3.45.